The molecule has 5 atom stereocenters. The second-order valence-electron chi connectivity index (χ2n) is 8.94. The first-order chi connectivity index (χ1) is 17.4. The van der Waals surface area contributed by atoms with E-state index in [0.29, 0.717) is 26.4 Å². The average molecular weight is 473 g/mol. The van der Waals surface area contributed by atoms with Crippen molar-refractivity contribution in [2.45, 2.75) is 56.8 Å². The Balaban J connectivity index is 1.33. The van der Waals surface area contributed by atoms with Gasteiger partial charge in [-0.1, -0.05) is 91.0 Å². The molecule has 2 heterocycles. The molecule has 1 fully saturated rings. The van der Waals surface area contributed by atoms with Crippen LogP contribution in [0.15, 0.2) is 103 Å². The van der Waals surface area contributed by atoms with E-state index in [1.807, 2.05) is 60.7 Å². The van der Waals surface area contributed by atoms with E-state index in [1.54, 1.807) is 6.26 Å². The van der Waals surface area contributed by atoms with Crippen LogP contribution in [0.5, 0.6) is 0 Å². The fraction of sp³-hybridized carbons (Fsp3) is 0.333. The molecule has 0 aliphatic carbocycles. The van der Waals surface area contributed by atoms with Crippen LogP contribution in [0.3, 0.4) is 0 Å². The summed E-state index contributed by atoms with van der Waals surface area (Å²) in [6.45, 7) is 1.87. The third-order valence-electron chi connectivity index (χ3n) is 6.39. The Morgan fingerprint density at radius 1 is 0.657 bits per heavy atom. The molecular weight excluding hydrogens is 440 g/mol. The van der Waals surface area contributed by atoms with E-state index in [-0.39, 0.29) is 30.5 Å². The molecule has 0 saturated carbocycles. The predicted molar refractivity (Wildman–Crippen MR) is 133 cm³/mol. The molecule has 3 aromatic rings. The maximum atomic E-state index is 6.51. The van der Waals surface area contributed by atoms with Crippen molar-refractivity contribution in [2.75, 3.05) is 6.61 Å². The van der Waals surface area contributed by atoms with Gasteiger partial charge >= 0.3 is 0 Å². The quantitative estimate of drug-likeness (QED) is 0.393. The van der Waals surface area contributed by atoms with E-state index in [9.17, 15) is 0 Å². The van der Waals surface area contributed by atoms with Crippen LogP contribution in [-0.4, -0.2) is 37.1 Å². The van der Waals surface area contributed by atoms with Crippen molar-refractivity contribution in [1.29, 1.82) is 0 Å². The van der Waals surface area contributed by atoms with Crippen LogP contribution in [0.2, 0.25) is 0 Å². The number of fused-ring (bicyclic) bond motifs is 1. The first kappa shape index (κ1) is 23.8. The van der Waals surface area contributed by atoms with Crippen molar-refractivity contribution in [3.8, 4) is 0 Å². The van der Waals surface area contributed by atoms with E-state index >= 15 is 0 Å². The Bertz CT molecular complexity index is 1040. The van der Waals surface area contributed by atoms with E-state index < -0.39 is 0 Å². The summed E-state index contributed by atoms with van der Waals surface area (Å²) in [5, 5.41) is 0. The van der Waals surface area contributed by atoms with Crippen molar-refractivity contribution in [2.24, 2.45) is 0 Å². The van der Waals surface area contributed by atoms with Crippen molar-refractivity contribution in [3.63, 3.8) is 0 Å². The van der Waals surface area contributed by atoms with E-state index in [2.05, 4.69) is 36.4 Å². The summed E-state index contributed by atoms with van der Waals surface area (Å²) in [6.07, 6.45) is 3.26. The summed E-state index contributed by atoms with van der Waals surface area (Å²) in [5.41, 5.74) is 3.34. The zero-order chi connectivity index (χ0) is 23.7. The maximum absolute atomic E-state index is 6.51. The fourth-order valence-corrected chi connectivity index (χ4v) is 4.61. The average Bonchev–Trinajstić information content (AvgIpc) is 2.92. The number of ether oxygens (including phenoxy) is 5. The highest BCUT2D eigenvalue weighted by Crippen LogP contribution is 2.33. The van der Waals surface area contributed by atoms with Gasteiger partial charge in [-0.25, -0.2) is 0 Å². The minimum atomic E-state index is -0.345. The normalized spacial score (nSPS) is 25.5. The first-order valence-electron chi connectivity index (χ1n) is 12.3. The van der Waals surface area contributed by atoms with E-state index in [1.165, 1.54) is 0 Å². The molecule has 0 bridgehead atoms. The minimum Gasteiger partial charge on any atom is -0.493 e. The number of hydrogen-bond acceptors (Lipinski definition) is 5. The van der Waals surface area contributed by atoms with Gasteiger partial charge in [0.25, 0.3) is 0 Å². The molecule has 0 unspecified atom stereocenters. The standard InChI is InChI=1S/C30H32O5/c1-4-11-23(12-5-1)19-31-22-27-29(33-20-24-13-6-2-7-14-24)30(28-26(35-27)17-10-18-32-28)34-21-25-15-8-3-9-16-25/h1-16,18,26-30H,17,19-22H2/t26-,27-,28+,29-,30-/m1/s1. The van der Waals surface area contributed by atoms with Crippen molar-refractivity contribution < 1.29 is 23.7 Å². The summed E-state index contributed by atoms with van der Waals surface area (Å²) in [6, 6.07) is 30.5. The lowest BCUT2D eigenvalue weighted by atomic mass is 9.91. The fourth-order valence-electron chi connectivity index (χ4n) is 4.61. The molecule has 5 nitrogen and oxygen atoms in total. The molecule has 35 heavy (non-hydrogen) atoms. The Hall–Kier alpha value is -2.96. The zero-order valence-electron chi connectivity index (χ0n) is 19.8. The molecule has 2 aliphatic rings. The minimum absolute atomic E-state index is 0.109. The van der Waals surface area contributed by atoms with Gasteiger partial charge in [0, 0.05) is 0 Å². The Kier molecular flexibility index (Phi) is 8.24. The molecule has 0 amide bonds. The van der Waals surface area contributed by atoms with Gasteiger partial charge < -0.3 is 23.7 Å². The summed E-state index contributed by atoms with van der Waals surface area (Å²) >= 11 is 0. The van der Waals surface area contributed by atoms with Crippen LogP contribution >= 0.6 is 0 Å². The largest absolute Gasteiger partial charge is 0.493 e. The van der Waals surface area contributed by atoms with Gasteiger partial charge in [0.2, 0.25) is 0 Å². The molecule has 5 heteroatoms. The van der Waals surface area contributed by atoms with Crippen LogP contribution in [-0.2, 0) is 43.5 Å². The van der Waals surface area contributed by atoms with Crippen LogP contribution < -0.4 is 0 Å². The molecule has 1 saturated heterocycles. The second-order valence-corrected chi connectivity index (χ2v) is 8.94. The van der Waals surface area contributed by atoms with E-state index in [0.717, 1.165) is 23.1 Å². The lowest BCUT2D eigenvalue weighted by Crippen LogP contribution is -2.61. The molecule has 0 spiro atoms. The predicted octanol–water partition coefficient (Wildman–Crippen LogP) is 5.44. The van der Waals surface area contributed by atoms with Crippen LogP contribution in [0, 0.1) is 0 Å². The summed E-state index contributed by atoms with van der Waals surface area (Å²) in [4.78, 5) is 0. The molecule has 2 aliphatic heterocycles. The highest BCUT2D eigenvalue weighted by molar-refractivity contribution is 5.15. The summed E-state index contributed by atoms with van der Waals surface area (Å²) in [7, 11) is 0. The molecule has 0 aromatic heterocycles. The highest BCUT2D eigenvalue weighted by atomic mass is 16.6. The number of benzene rings is 3. The maximum Gasteiger partial charge on any atom is 0.153 e. The zero-order valence-corrected chi connectivity index (χ0v) is 19.8. The summed E-state index contributed by atoms with van der Waals surface area (Å²) < 4.78 is 31.7. The third kappa shape index (κ3) is 6.38. The monoisotopic (exact) mass is 472 g/mol. The van der Waals surface area contributed by atoms with Gasteiger partial charge in [-0.15, -0.1) is 0 Å². The van der Waals surface area contributed by atoms with Crippen LogP contribution in [0.1, 0.15) is 23.1 Å². The lowest BCUT2D eigenvalue weighted by molar-refractivity contribution is -0.264. The lowest BCUT2D eigenvalue weighted by Gasteiger charge is -2.46. The Morgan fingerprint density at radius 3 is 1.80 bits per heavy atom. The Morgan fingerprint density at radius 2 is 1.20 bits per heavy atom. The van der Waals surface area contributed by atoms with Gasteiger partial charge in [0.1, 0.15) is 24.4 Å². The SMILES string of the molecule is C1=CO[C@@H]2[C@@H](OCc3ccccc3)[C@H](OCc3ccccc3)[C@@H](COCc3ccccc3)O[C@@H]2C1. The smallest absolute Gasteiger partial charge is 0.153 e. The molecule has 5 rings (SSSR count). The van der Waals surface area contributed by atoms with Crippen LogP contribution in [0.25, 0.3) is 0 Å². The van der Waals surface area contributed by atoms with Crippen LogP contribution in [0.4, 0.5) is 0 Å². The van der Waals surface area contributed by atoms with E-state index in [4.69, 9.17) is 23.7 Å². The van der Waals surface area contributed by atoms with Gasteiger partial charge in [-0.05, 0) is 29.2 Å². The number of hydrogen-bond donors (Lipinski definition) is 0. The van der Waals surface area contributed by atoms with Gasteiger partial charge in [0.05, 0.1) is 32.7 Å². The van der Waals surface area contributed by atoms with Crippen molar-refractivity contribution >= 4 is 0 Å². The molecule has 0 radical (unpaired) electrons. The highest BCUT2D eigenvalue weighted by Gasteiger charge is 2.49. The van der Waals surface area contributed by atoms with Gasteiger partial charge in [-0.3, -0.25) is 0 Å². The van der Waals surface area contributed by atoms with Gasteiger partial charge in [-0.2, -0.15) is 0 Å². The molecule has 3 aromatic carbocycles. The molecule has 182 valence electrons. The summed E-state index contributed by atoms with van der Waals surface area (Å²) in [5.74, 6) is 0. The number of rotatable bonds is 10. The third-order valence-corrected chi connectivity index (χ3v) is 6.39. The molecular formula is C30H32O5. The van der Waals surface area contributed by atoms with Crippen molar-refractivity contribution in [3.05, 3.63) is 120 Å². The first-order valence-corrected chi connectivity index (χ1v) is 12.3. The van der Waals surface area contributed by atoms with Gasteiger partial charge in [0.15, 0.2) is 6.10 Å². The Labute approximate surface area is 207 Å². The second kappa shape index (κ2) is 12.1. The van der Waals surface area contributed by atoms with Crippen molar-refractivity contribution in [1.82, 2.24) is 0 Å². The topological polar surface area (TPSA) is 46.2 Å². The molecule has 0 N–H and O–H groups in total.